The molecule has 3 nitrogen and oxygen atoms in total. The molecule has 0 saturated heterocycles. The Morgan fingerprint density at radius 1 is 0.632 bits per heavy atom. The zero-order chi connectivity index (χ0) is 15.2. The first-order valence-corrected chi connectivity index (χ1v) is 8.61. The van der Waals surface area contributed by atoms with Crippen LogP contribution < -0.4 is 0 Å². The quantitative estimate of drug-likeness (QED) is 0.611. The van der Waals surface area contributed by atoms with E-state index in [1.54, 1.807) is 0 Å². The highest BCUT2D eigenvalue weighted by atomic mass is 28.3. The van der Waals surface area contributed by atoms with E-state index in [0.717, 1.165) is 0 Å². The number of carbonyl (C=O) groups is 3. The molecule has 0 aromatic heterocycles. The molecule has 0 heterocycles. The molecule has 0 unspecified atom stereocenters. The maximum atomic E-state index is 12.2. The van der Waals surface area contributed by atoms with E-state index in [4.69, 9.17) is 0 Å². The van der Waals surface area contributed by atoms with Gasteiger partial charge in [-0.15, -0.1) is 0 Å². The Morgan fingerprint density at radius 2 is 0.842 bits per heavy atom. The Bertz CT molecular complexity index is 280. The Hall–Kier alpha value is -0.773. The van der Waals surface area contributed by atoms with E-state index in [1.807, 2.05) is 41.5 Å². The third kappa shape index (κ3) is 7.40. The van der Waals surface area contributed by atoms with Crippen molar-refractivity contribution in [2.45, 2.75) is 60.8 Å². The van der Waals surface area contributed by atoms with Crippen LogP contribution in [-0.4, -0.2) is 25.0 Å². The molecule has 0 spiro atoms. The average molecular weight is 283 g/mol. The minimum absolute atomic E-state index is 0.101. The number of hydrogen-bond acceptors (Lipinski definition) is 3. The molecule has 19 heavy (non-hydrogen) atoms. The van der Waals surface area contributed by atoms with Gasteiger partial charge in [-0.25, -0.2) is 0 Å². The number of carbonyl (C=O) groups excluding carboxylic acids is 3. The lowest BCUT2D eigenvalue weighted by Crippen LogP contribution is -2.45. The Balaban J connectivity index is 4.97. The molecule has 0 N–H and O–H groups in total. The van der Waals surface area contributed by atoms with Gasteiger partial charge < -0.3 is 14.4 Å². The van der Waals surface area contributed by atoms with Crippen LogP contribution >= 0.6 is 0 Å². The molecule has 0 aliphatic heterocycles. The highest BCUT2D eigenvalue weighted by molar-refractivity contribution is 7.27. The molecule has 0 fully saturated rings. The SMILES string of the molecule is CC(C)CC(=O)[Si](C(=O)CC(C)C)C(=O)CC(C)C. The fourth-order valence-corrected chi connectivity index (χ4v) is 4.66. The van der Waals surface area contributed by atoms with Crippen LogP contribution in [0, 0.1) is 17.8 Å². The van der Waals surface area contributed by atoms with Crippen molar-refractivity contribution < 1.29 is 14.4 Å². The Kier molecular flexibility index (Phi) is 8.07. The summed E-state index contributed by atoms with van der Waals surface area (Å²) >= 11 is 0. The molecular formula is C15H27O3Si. The van der Waals surface area contributed by atoms with Gasteiger partial charge in [0.05, 0.1) is 0 Å². The average Bonchev–Trinajstić information content (AvgIpc) is 2.12. The third-order valence-electron chi connectivity index (χ3n) is 2.62. The first kappa shape index (κ1) is 18.2. The minimum atomic E-state index is -2.18. The summed E-state index contributed by atoms with van der Waals surface area (Å²) in [6.07, 6.45) is 1.05. The van der Waals surface area contributed by atoms with Crippen LogP contribution in [0.4, 0.5) is 0 Å². The van der Waals surface area contributed by atoms with Crippen molar-refractivity contribution in [2.75, 3.05) is 0 Å². The van der Waals surface area contributed by atoms with Crippen molar-refractivity contribution in [3.8, 4) is 0 Å². The van der Waals surface area contributed by atoms with Crippen molar-refractivity contribution in [2.24, 2.45) is 17.8 Å². The lowest BCUT2D eigenvalue weighted by Gasteiger charge is -2.15. The molecule has 0 amide bonds. The summed E-state index contributed by atoms with van der Waals surface area (Å²) in [6.45, 7) is 11.7. The van der Waals surface area contributed by atoms with Crippen molar-refractivity contribution >= 4 is 25.0 Å². The lowest BCUT2D eigenvalue weighted by atomic mass is 10.1. The van der Waals surface area contributed by atoms with Gasteiger partial charge in [0.2, 0.25) is 0 Å². The van der Waals surface area contributed by atoms with Gasteiger partial charge in [-0.2, -0.15) is 0 Å². The Labute approximate surface area is 118 Å². The Morgan fingerprint density at radius 3 is 1.00 bits per heavy atom. The zero-order valence-electron chi connectivity index (χ0n) is 13.1. The van der Waals surface area contributed by atoms with Gasteiger partial charge in [-0.1, -0.05) is 41.5 Å². The fourth-order valence-electron chi connectivity index (χ4n) is 1.89. The summed E-state index contributed by atoms with van der Waals surface area (Å²) in [5.41, 5.74) is 0. The van der Waals surface area contributed by atoms with Crippen molar-refractivity contribution in [3.05, 3.63) is 0 Å². The summed E-state index contributed by atoms with van der Waals surface area (Å²) in [7, 11) is -2.18. The van der Waals surface area contributed by atoms with Crippen LogP contribution in [0.2, 0.25) is 0 Å². The first-order chi connectivity index (χ1) is 8.65. The smallest absolute Gasteiger partial charge is 0.295 e. The summed E-state index contributed by atoms with van der Waals surface area (Å²) in [5, 5.41) is -0.302. The molecule has 0 aromatic carbocycles. The van der Waals surface area contributed by atoms with E-state index >= 15 is 0 Å². The molecular weight excluding hydrogens is 256 g/mol. The third-order valence-corrected chi connectivity index (χ3v) is 4.90. The van der Waals surface area contributed by atoms with Crippen molar-refractivity contribution in [1.82, 2.24) is 0 Å². The molecule has 4 heteroatoms. The van der Waals surface area contributed by atoms with Gasteiger partial charge in [0.1, 0.15) is 16.2 Å². The van der Waals surface area contributed by atoms with Crippen LogP contribution in [0.5, 0.6) is 0 Å². The van der Waals surface area contributed by atoms with Crippen LogP contribution in [0.3, 0.4) is 0 Å². The minimum Gasteiger partial charge on any atom is -0.304 e. The van der Waals surface area contributed by atoms with Gasteiger partial charge in [0.15, 0.2) is 0 Å². The number of hydrogen-bond donors (Lipinski definition) is 0. The normalized spacial score (nSPS) is 11.7. The van der Waals surface area contributed by atoms with Gasteiger partial charge >= 0.3 is 0 Å². The second-order valence-corrected chi connectivity index (χ2v) is 8.86. The van der Waals surface area contributed by atoms with Crippen LogP contribution in [0.1, 0.15) is 60.8 Å². The molecule has 0 aromatic rings. The standard InChI is InChI=1S/C15H27O3Si/c1-10(2)7-13(16)19(14(17)8-11(3)4)15(18)9-12(5)6/h10-12H,7-9H2,1-6H3. The predicted octanol–water partition coefficient (Wildman–Crippen LogP) is 2.94. The highest BCUT2D eigenvalue weighted by Crippen LogP contribution is 2.12. The maximum absolute atomic E-state index is 12.2. The molecule has 0 saturated carbocycles. The van der Waals surface area contributed by atoms with E-state index in [2.05, 4.69) is 0 Å². The maximum Gasteiger partial charge on any atom is 0.295 e. The monoisotopic (exact) mass is 283 g/mol. The van der Waals surface area contributed by atoms with E-state index in [9.17, 15) is 14.4 Å². The largest absolute Gasteiger partial charge is 0.304 e. The zero-order valence-corrected chi connectivity index (χ0v) is 14.1. The van der Waals surface area contributed by atoms with Crippen LogP contribution in [0.15, 0.2) is 0 Å². The summed E-state index contributed by atoms with van der Waals surface area (Å²) in [5.74, 6) is 0.601. The van der Waals surface area contributed by atoms with Gasteiger partial charge in [-0.3, -0.25) is 0 Å². The van der Waals surface area contributed by atoms with E-state index in [0.29, 0.717) is 19.3 Å². The topological polar surface area (TPSA) is 51.2 Å². The molecule has 1 radical (unpaired) electrons. The summed E-state index contributed by atoms with van der Waals surface area (Å²) in [4.78, 5) is 36.6. The van der Waals surface area contributed by atoms with Crippen molar-refractivity contribution in [1.29, 1.82) is 0 Å². The molecule has 0 rings (SSSR count). The van der Waals surface area contributed by atoms with Crippen LogP contribution in [0.25, 0.3) is 0 Å². The second-order valence-electron chi connectivity index (χ2n) is 6.44. The highest BCUT2D eigenvalue weighted by Gasteiger charge is 2.36. The first-order valence-electron chi connectivity index (χ1n) is 7.11. The predicted molar refractivity (Wildman–Crippen MR) is 79.1 cm³/mol. The lowest BCUT2D eigenvalue weighted by molar-refractivity contribution is -0.119. The molecule has 0 aliphatic carbocycles. The summed E-state index contributed by atoms with van der Waals surface area (Å²) < 4.78 is 0. The fraction of sp³-hybridized carbons (Fsp3) is 0.800. The molecule has 0 bridgehead atoms. The van der Waals surface area contributed by atoms with E-state index in [-0.39, 0.29) is 34.0 Å². The van der Waals surface area contributed by atoms with E-state index < -0.39 is 8.80 Å². The van der Waals surface area contributed by atoms with Crippen LogP contribution in [-0.2, 0) is 14.4 Å². The van der Waals surface area contributed by atoms with Gasteiger partial charge in [0, 0.05) is 19.3 Å². The van der Waals surface area contributed by atoms with E-state index in [1.165, 1.54) is 0 Å². The van der Waals surface area contributed by atoms with Gasteiger partial charge in [-0.05, 0) is 17.8 Å². The summed E-state index contributed by atoms with van der Waals surface area (Å²) in [6, 6.07) is 0. The number of rotatable bonds is 9. The van der Waals surface area contributed by atoms with Crippen molar-refractivity contribution in [3.63, 3.8) is 0 Å². The van der Waals surface area contributed by atoms with Gasteiger partial charge in [0.25, 0.3) is 8.80 Å². The second kappa shape index (κ2) is 8.41. The molecule has 109 valence electrons. The molecule has 0 atom stereocenters. The molecule has 0 aliphatic rings.